The van der Waals surface area contributed by atoms with E-state index in [0.29, 0.717) is 19.1 Å². The van der Waals surface area contributed by atoms with Crippen molar-refractivity contribution in [1.29, 1.82) is 0 Å². The van der Waals surface area contributed by atoms with E-state index in [1.54, 1.807) is 12.3 Å². The maximum absolute atomic E-state index is 11.4. The highest BCUT2D eigenvalue weighted by atomic mass is 32.9. The van der Waals surface area contributed by atoms with E-state index >= 15 is 0 Å². The largest absolute Gasteiger partial charge is 0.322 e. The highest BCUT2D eigenvalue weighted by molar-refractivity contribution is 8.67. The average Bonchev–Trinajstić information content (AvgIpc) is 2.29. The first kappa shape index (κ1) is 14.9. The second-order valence-corrected chi connectivity index (χ2v) is 9.18. The lowest BCUT2D eigenvalue weighted by molar-refractivity contribution is 0.280. The molecule has 1 rings (SSSR count). The Labute approximate surface area is 109 Å². The summed E-state index contributed by atoms with van der Waals surface area (Å²) in [4.78, 5) is 11.4. The van der Waals surface area contributed by atoms with Crippen molar-refractivity contribution in [1.82, 2.24) is 9.78 Å². The summed E-state index contributed by atoms with van der Waals surface area (Å²) in [6, 6.07) is 3.06. The average molecular weight is 294 g/mol. The van der Waals surface area contributed by atoms with E-state index in [0.717, 1.165) is 0 Å². The number of nitrogens with zero attached hydrogens (tertiary/aromatic N) is 2. The predicted molar refractivity (Wildman–Crippen MR) is 73.6 cm³/mol. The summed E-state index contributed by atoms with van der Waals surface area (Å²) in [5.41, 5.74) is -2.51. The van der Waals surface area contributed by atoms with Gasteiger partial charge in [-0.05, 0) is 43.1 Å². The van der Waals surface area contributed by atoms with Crippen LogP contribution in [0.3, 0.4) is 0 Å². The minimum atomic E-state index is -2.35. The van der Waals surface area contributed by atoms with Gasteiger partial charge in [0.05, 0.1) is 19.1 Å². The smallest absolute Gasteiger partial charge is 0.267 e. The Kier molecular flexibility index (Phi) is 6.37. The lowest BCUT2D eigenvalue weighted by Gasteiger charge is -2.19. The summed E-state index contributed by atoms with van der Waals surface area (Å²) in [5.74, 6) is 0.344. The molecule has 0 N–H and O–H groups in total. The Morgan fingerprint density at radius 1 is 1.47 bits per heavy atom. The van der Waals surface area contributed by atoms with Crippen LogP contribution in [0, 0.1) is 0 Å². The number of aromatic nitrogens is 2. The van der Waals surface area contributed by atoms with Crippen LogP contribution in [0.25, 0.3) is 0 Å². The molecular weight excluding hydrogens is 279 g/mol. The number of rotatable bonds is 7. The Morgan fingerprint density at radius 3 is 2.65 bits per heavy atom. The third-order valence-corrected chi connectivity index (χ3v) is 7.03. The molecule has 0 atom stereocenters. The Hall–Kier alpha value is -0.200. The molecule has 0 saturated heterocycles. The van der Waals surface area contributed by atoms with Gasteiger partial charge in [-0.25, -0.2) is 4.68 Å². The molecule has 0 saturated carbocycles. The third-order valence-electron chi connectivity index (χ3n) is 1.70. The van der Waals surface area contributed by atoms with E-state index in [9.17, 15) is 4.79 Å². The molecule has 0 bridgehead atoms. The van der Waals surface area contributed by atoms with Crippen LogP contribution in [0.1, 0.15) is 13.8 Å². The van der Waals surface area contributed by atoms with Gasteiger partial charge < -0.3 is 9.05 Å². The van der Waals surface area contributed by atoms with Crippen molar-refractivity contribution in [2.75, 3.05) is 13.2 Å². The highest BCUT2D eigenvalue weighted by Crippen LogP contribution is 2.61. The van der Waals surface area contributed by atoms with E-state index in [4.69, 9.17) is 20.9 Å². The van der Waals surface area contributed by atoms with Crippen LogP contribution in [-0.2, 0) is 26.7 Å². The molecule has 0 radical (unpaired) electrons. The van der Waals surface area contributed by atoms with Crippen LogP contribution in [0.5, 0.6) is 0 Å². The predicted octanol–water partition coefficient (Wildman–Crippen LogP) is 2.23. The first-order valence-corrected chi connectivity index (χ1v) is 9.40. The monoisotopic (exact) mass is 294 g/mol. The maximum Gasteiger partial charge on any atom is 0.267 e. The topological polar surface area (TPSA) is 53.4 Å². The first-order valence-electron chi connectivity index (χ1n) is 5.17. The minimum absolute atomic E-state index is 0.158. The van der Waals surface area contributed by atoms with E-state index in [1.165, 1.54) is 22.1 Å². The lowest BCUT2D eigenvalue weighted by Crippen LogP contribution is -2.19. The van der Waals surface area contributed by atoms with Gasteiger partial charge in [-0.1, -0.05) is 0 Å². The maximum atomic E-state index is 11.4. The summed E-state index contributed by atoms with van der Waals surface area (Å²) in [7, 11) is 0. The van der Waals surface area contributed by atoms with E-state index < -0.39 is 5.69 Å². The van der Waals surface area contributed by atoms with Gasteiger partial charge in [0.1, 0.15) is 0 Å². The molecule has 1 aromatic heterocycles. The van der Waals surface area contributed by atoms with Gasteiger partial charge in [-0.15, -0.1) is 0 Å². The van der Waals surface area contributed by atoms with E-state index in [-0.39, 0.29) is 5.56 Å². The molecule has 0 fully saturated rings. The van der Waals surface area contributed by atoms with Crippen molar-refractivity contribution in [2.45, 2.75) is 19.7 Å². The summed E-state index contributed by atoms with van der Waals surface area (Å²) in [6.45, 7) is 4.74. The molecule has 0 aliphatic carbocycles. The van der Waals surface area contributed by atoms with Crippen LogP contribution < -0.4 is 5.56 Å². The molecule has 96 valence electrons. The fourth-order valence-corrected chi connectivity index (χ4v) is 5.23. The van der Waals surface area contributed by atoms with E-state index in [1.807, 2.05) is 13.8 Å². The zero-order valence-corrected chi connectivity index (χ0v) is 12.3. The SMILES string of the molecule is CCOP(=S)(OCC)SCn1ncccc1=O. The Morgan fingerprint density at radius 2 is 2.12 bits per heavy atom. The van der Waals surface area contributed by atoms with Crippen molar-refractivity contribution in [3.05, 3.63) is 28.7 Å². The summed E-state index contributed by atoms with van der Waals surface area (Å²) in [5, 5.41) is 3.95. The van der Waals surface area contributed by atoms with Gasteiger partial charge in [0, 0.05) is 12.3 Å². The fourth-order valence-electron chi connectivity index (χ4n) is 1.04. The van der Waals surface area contributed by atoms with Gasteiger partial charge in [-0.3, -0.25) is 4.79 Å². The number of hydrogen-bond donors (Lipinski definition) is 0. The first-order chi connectivity index (χ1) is 8.11. The van der Waals surface area contributed by atoms with Crippen LogP contribution >= 0.6 is 17.1 Å². The van der Waals surface area contributed by atoms with Crippen LogP contribution in [0.15, 0.2) is 23.1 Å². The zero-order valence-electron chi connectivity index (χ0n) is 9.74. The van der Waals surface area contributed by atoms with E-state index in [2.05, 4.69) is 5.10 Å². The minimum Gasteiger partial charge on any atom is -0.322 e. The Bertz CT molecular complexity index is 442. The highest BCUT2D eigenvalue weighted by Gasteiger charge is 2.19. The van der Waals surface area contributed by atoms with Gasteiger partial charge in [0.2, 0.25) is 5.69 Å². The number of hydrogen-bond acceptors (Lipinski definition) is 6. The molecule has 8 heteroatoms. The standard InChI is InChI=1S/C9H15N2O3PS2/c1-3-13-15(16,14-4-2)17-8-11-9(12)6-5-7-10-11/h5-7H,3-4,8H2,1-2H3. The second-order valence-electron chi connectivity index (χ2n) is 2.90. The molecule has 5 nitrogen and oxygen atoms in total. The molecular formula is C9H15N2O3PS2. The molecule has 1 aromatic rings. The van der Waals surface area contributed by atoms with Gasteiger partial charge in [0.25, 0.3) is 5.56 Å². The lowest BCUT2D eigenvalue weighted by atomic mass is 10.6. The summed E-state index contributed by atoms with van der Waals surface area (Å²) < 4.78 is 12.2. The quantitative estimate of drug-likeness (QED) is 0.719. The molecule has 0 aliphatic rings. The normalized spacial score (nSPS) is 11.6. The molecule has 0 spiro atoms. The van der Waals surface area contributed by atoms with Gasteiger partial charge in [-0.2, -0.15) is 5.10 Å². The van der Waals surface area contributed by atoms with Crippen molar-refractivity contribution in [3.63, 3.8) is 0 Å². The van der Waals surface area contributed by atoms with Crippen LogP contribution in [0.4, 0.5) is 0 Å². The van der Waals surface area contributed by atoms with Crippen molar-refractivity contribution < 1.29 is 9.05 Å². The van der Waals surface area contributed by atoms with Crippen molar-refractivity contribution >= 4 is 28.9 Å². The molecule has 1 heterocycles. The summed E-state index contributed by atoms with van der Waals surface area (Å²) in [6.07, 6.45) is 1.56. The summed E-state index contributed by atoms with van der Waals surface area (Å²) >= 11 is 6.65. The molecule has 17 heavy (non-hydrogen) atoms. The molecule has 0 amide bonds. The van der Waals surface area contributed by atoms with Crippen LogP contribution in [0.2, 0.25) is 0 Å². The fraction of sp³-hybridized carbons (Fsp3) is 0.556. The van der Waals surface area contributed by atoms with Crippen molar-refractivity contribution in [2.24, 2.45) is 0 Å². The van der Waals surface area contributed by atoms with Crippen molar-refractivity contribution in [3.8, 4) is 0 Å². The third kappa shape index (κ3) is 4.89. The second kappa shape index (κ2) is 7.28. The van der Waals surface area contributed by atoms with Gasteiger partial charge in [0.15, 0.2) is 0 Å². The van der Waals surface area contributed by atoms with Gasteiger partial charge >= 0.3 is 0 Å². The zero-order chi connectivity index (χ0) is 12.7. The Balaban J connectivity index is 2.67. The van der Waals surface area contributed by atoms with Crippen LogP contribution in [-0.4, -0.2) is 23.0 Å². The molecule has 0 aromatic carbocycles. The molecule has 0 aliphatic heterocycles. The molecule has 0 unspecified atom stereocenters.